The average molecular weight is 700 g/mol. The van der Waals surface area contributed by atoms with Crippen LogP contribution in [0.2, 0.25) is 0 Å². The zero-order valence-electron chi connectivity index (χ0n) is 28.6. The Labute approximate surface area is 294 Å². The summed E-state index contributed by atoms with van der Waals surface area (Å²) in [6.07, 6.45) is 5.38. The molecule has 16 heteroatoms. The number of imidazole rings is 1. The number of carbonyl (C=O) groups is 5. The van der Waals surface area contributed by atoms with E-state index >= 15 is 0 Å². The Morgan fingerprint density at radius 3 is 2.08 bits per heavy atom. The highest BCUT2D eigenvalue weighted by Gasteiger charge is 2.31. The maximum Gasteiger partial charge on any atom is 0.243 e. The zero-order valence-corrected chi connectivity index (χ0v) is 28.6. The molecule has 4 atom stereocenters. The lowest BCUT2D eigenvalue weighted by atomic mass is 10.0. The number of rotatable bonds is 18. The largest absolute Gasteiger partial charge is 0.370 e. The second-order valence-corrected chi connectivity index (χ2v) is 12.3. The average Bonchev–Trinajstić information content (AvgIpc) is 3.75. The quantitative estimate of drug-likeness (QED) is 0.0378. The molecule has 0 aliphatic rings. The lowest BCUT2D eigenvalue weighted by molar-refractivity contribution is -0.134. The first-order valence-electron chi connectivity index (χ1n) is 16.5. The number of aryl methyl sites for hydroxylation is 1. The molecule has 2 heterocycles. The molecule has 2 aromatic heterocycles. The van der Waals surface area contributed by atoms with Crippen LogP contribution in [0, 0.1) is 6.92 Å². The number of benzene rings is 2. The fourth-order valence-electron chi connectivity index (χ4n) is 5.57. The Morgan fingerprint density at radius 1 is 0.784 bits per heavy atom. The molecule has 0 aliphatic heterocycles. The lowest BCUT2D eigenvalue weighted by Gasteiger charge is -2.26. The number of aromatic amines is 2. The standard InChI is InChI=1S/C35H45N11O5/c1-20-9-11-22(12-10-20)14-29(46-34(51)30(43-21(2)47)16-24-18-39-19-42-24)33(50)44-27(8-5-13-40-35(37)38)32(49)45-28(31(36)48)15-23-17-41-26-7-4-3-6-25(23)26/h3-4,6-7,9-12,17-19,27-30,41H,5,8,13-16H2,1-2H3,(H2,36,48)(H,39,42)(H,43,47)(H,44,50)(H,45,49)(H,46,51)(H4,37,38,40)/t27-,28-,29+,30-/m0/s1. The van der Waals surface area contributed by atoms with E-state index in [1.165, 1.54) is 19.4 Å². The summed E-state index contributed by atoms with van der Waals surface area (Å²) in [5.41, 5.74) is 20.6. The van der Waals surface area contributed by atoms with E-state index in [4.69, 9.17) is 17.2 Å². The lowest BCUT2D eigenvalue weighted by Crippen LogP contribution is -2.59. The van der Waals surface area contributed by atoms with Gasteiger partial charge < -0.3 is 48.4 Å². The molecule has 0 bridgehead atoms. The summed E-state index contributed by atoms with van der Waals surface area (Å²) in [4.78, 5) is 80.0. The molecule has 0 radical (unpaired) electrons. The second kappa shape index (κ2) is 18.0. The van der Waals surface area contributed by atoms with E-state index in [-0.39, 0.29) is 38.2 Å². The summed E-state index contributed by atoms with van der Waals surface area (Å²) < 4.78 is 0. The van der Waals surface area contributed by atoms with Crippen LogP contribution >= 0.6 is 0 Å². The Kier molecular flexibility index (Phi) is 13.3. The highest BCUT2D eigenvalue weighted by atomic mass is 16.2. The molecule has 51 heavy (non-hydrogen) atoms. The van der Waals surface area contributed by atoms with Crippen molar-refractivity contribution in [2.75, 3.05) is 6.54 Å². The van der Waals surface area contributed by atoms with Crippen LogP contribution in [-0.2, 0) is 43.2 Å². The summed E-state index contributed by atoms with van der Waals surface area (Å²) in [5.74, 6) is -3.27. The van der Waals surface area contributed by atoms with E-state index in [9.17, 15) is 24.0 Å². The Hall–Kier alpha value is -6.19. The van der Waals surface area contributed by atoms with Gasteiger partial charge in [0.05, 0.1) is 6.33 Å². The van der Waals surface area contributed by atoms with Gasteiger partial charge in [-0.3, -0.25) is 29.0 Å². The molecule has 2 aromatic carbocycles. The monoisotopic (exact) mass is 699 g/mol. The minimum absolute atomic E-state index is 0.0709. The Morgan fingerprint density at radius 2 is 1.43 bits per heavy atom. The smallest absolute Gasteiger partial charge is 0.243 e. The van der Waals surface area contributed by atoms with Gasteiger partial charge in [-0.05, 0) is 37.0 Å². The molecule has 0 saturated carbocycles. The van der Waals surface area contributed by atoms with Crippen molar-refractivity contribution in [1.29, 1.82) is 0 Å². The van der Waals surface area contributed by atoms with Crippen LogP contribution in [0.5, 0.6) is 0 Å². The summed E-state index contributed by atoms with van der Waals surface area (Å²) in [7, 11) is 0. The van der Waals surface area contributed by atoms with Crippen molar-refractivity contribution in [2.45, 2.75) is 70.1 Å². The van der Waals surface area contributed by atoms with Gasteiger partial charge in [-0.2, -0.15) is 0 Å². The summed E-state index contributed by atoms with van der Waals surface area (Å²) >= 11 is 0. The van der Waals surface area contributed by atoms with Crippen molar-refractivity contribution in [3.63, 3.8) is 0 Å². The highest BCUT2D eigenvalue weighted by Crippen LogP contribution is 2.19. The van der Waals surface area contributed by atoms with E-state index in [0.29, 0.717) is 12.1 Å². The van der Waals surface area contributed by atoms with Crippen molar-refractivity contribution in [1.82, 2.24) is 36.2 Å². The number of H-pyrrole nitrogens is 2. The molecule has 5 amide bonds. The van der Waals surface area contributed by atoms with Crippen LogP contribution in [0.4, 0.5) is 0 Å². The predicted molar refractivity (Wildman–Crippen MR) is 192 cm³/mol. The first-order chi connectivity index (χ1) is 24.4. The second-order valence-electron chi connectivity index (χ2n) is 12.3. The third kappa shape index (κ3) is 11.4. The number of para-hydroxylation sites is 1. The van der Waals surface area contributed by atoms with E-state index in [0.717, 1.165) is 27.6 Å². The number of fused-ring (bicyclic) bond motifs is 1. The molecule has 0 unspecified atom stereocenters. The molecule has 4 aromatic rings. The van der Waals surface area contributed by atoms with E-state index in [2.05, 4.69) is 41.2 Å². The maximum absolute atomic E-state index is 14.0. The van der Waals surface area contributed by atoms with Gasteiger partial charge in [0.15, 0.2) is 5.96 Å². The molecule has 4 rings (SSSR count). The SMILES string of the molecule is CC(=O)N[C@@H](Cc1cnc[nH]1)C(=O)N[C@H](Cc1ccc(C)cc1)C(=O)N[C@@H](CCCN=C(N)N)C(=O)N[C@@H](Cc1c[nH]c2ccccc12)C(N)=O. The van der Waals surface area contributed by atoms with E-state index in [1.807, 2.05) is 55.5 Å². The molecule has 0 aliphatic carbocycles. The molecule has 0 saturated heterocycles. The number of nitrogens with zero attached hydrogens (tertiary/aromatic N) is 2. The summed E-state index contributed by atoms with van der Waals surface area (Å²) in [6, 6.07) is 10.5. The first kappa shape index (κ1) is 37.6. The maximum atomic E-state index is 14.0. The molecule has 0 spiro atoms. The number of guanidine groups is 1. The number of amides is 5. The number of nitrogens with two attached hydrogens (primary N) is 3. The summed E-state index contributed by atoms with van der Waals surface area (Å²) in [6.45, 7) is 3.38. The van der Waals surface area contributed by atoms with Gasteiger partial charge in [0.2, 0.25) is 29.5 Å². The van der Waals surface area contributed by atoms with Gasteiger partial charge in [-0.25, -0.2) is 4.98 Å². The van der Waals surface area contributed by atoms with Crippen molar-refractivity contribution in [2.24, 2.45) is 22.2 Å². The van der Waals surface area contributed by atoms with Gasteiger partial charge in [-0.1, -0.05) is 48.0 Å². The fourth-order valence-corrected chi connectivity index (χ4v) is 5.57. The van der Waals surface area contributed by atoms with E-state index in [1.54, 1.807) is 6.20 Å². The van der Waals surface area contributed by atoms with Crippen molar-refractivity contribution >= 4 is 46.4 Å². The number of aliphatic imine (C=N–C) groups is 1. The highest BCUT2D eigenvalue weighted by molar-refractivity contribution is 5.96. The van der Waals surface area contributed by atoms with Crippen LogP contribution in [0.1, 0.15) is 42.1 Å². The van der Waals surface area contributed by atoms with Crippen molar-refractivity contribution in [3.05, 3.63) is 89.6 Å². The Balaban J connectivity index is 1.57. The number of hydrogen-bond donors (Lipinski definition) is 9. The van der Waals surface area contributed by atoms with Gasteiger partial charge in [-0.15, -0.1) is 0 Å². The third-order valence-corrected chi connectivity index (χ3v) is 8.20. The number of hydrogen-bond acceptors (Lipinski definition) is 7. The fraction of sp³-hybridized carbons (Fsp3) is 0.343. The number of aromatic nitrogens is 3. The molecule has 270 valence electrons. The first-order valence-corrected chi connectivity index (χ1v) is 16.5. The normalized spacial score (nSPS) is 13.3. The van der Waals surface area contributed by atoms with Crippen molar-refractivity contribution in [3.8, 4) is 0 Å². The molecular weight excluding hydrogens is 654 g/mol. The molecule has 16 nitrogen and oxygen atoms in total. The van der Waals surface area contributed by atoms with Crippen molar-refractivity contribution < 1.29 is 24.0 Å². The van der Waals surface area contributed by atoms with E-state index < -0.39 is 53.7 Å². The predicted octanol–water partition coefficient (Wildman–Crippen LogP) is -0.275. The summed E-state index contributed by atoms with van der Waals surface area (Å²) in [5, 5.41) is 11.7. The van der Waals surface area contributed by atoms with Gasteiger partial charge in [0.1, 0.15) is 24.2 Å². The van der Waals surface area contributed by atoms with Gasteiger partial charge in [0.25, 0.3) is 0 Å². The van der Waals surface area contributed by atoms with Crippen LogP contribution in [0.3, 0.4) is 0 Å². The number of nitrogens with one attached hydrogen (secondary N) is 6. The van der Waals surface area contributed by atoms with Gasteiger partial charge >= 0.3 is 0 Å². The van der Waals surface area contributed by atoms with Crippen LogP contribution in [0.25, 0.3) is 10.9 Å². The van der Waals surface area contributed by atoms with Crippen LogP contribution in [0.15, 0.2) is 72.2 Å². The number of primary amides is 1. The number of carbonyl (C=O) groups excluding carboxylic acids is 5. The third-order valence-electron chi connectivity index (χ3n) is 8.20. The molecular formula is C35H45N11O5. The Bertz CT molecular complexity index is 1830. The topological polar surface area (TPSA) is 268 Å². The zero-order chi connectivity index (χ0) is 36.9. The molecule has 0 fully saturated rings. The minimum atomic E-state index is -1.16. The molecule has 12 N–H and O–H groups in total. The van der Waals surface area contributed by atoms with Crippen LogP contribution in [-0.4, -0.2) is 81.2 Å². The minimum Gasteiger partial charge on any atom is -0.370 e. The van der Waals surface area contributed by atoms with Crippen LogP contribution < -0.4 is 38.5 Å². The van der Waals surface area contributed by atoms with Gasteiger partial charge in [0, 0.05) is 61.7 Å².